The molecule has 19 heavy (non-hydrogen) atoms. The number of carbonyl (C=O) groups excluding carboxylic acids is 1. The van der Waals surface area contributed by atoms with E-state index in [2.05, 4.69) is 4.99 Å². The van der Waals surface area contributed by atoms with Gasteiger partial charge in [0, 0.05) is 16.8 Å². The monoisotopic (exact) mass is 253 g/mol. The van der Waals surface area contributed by atoms with Crippen LogP contribution in [-0.4, -0.2) is 11.7 Å². The largest absolute Gasteiger partial charge is 0.399 e. The second kappa shape index (κ2) is 5.35. The number of nitrogen functional groups attached to an aromatic ring is 1. The number of amidine groups is 1. The molecule has 0 aliphatic heterocycles. The van der Waals surface area contributed by atoms with Crippen LogP contribution in [0.25, 0.3) is 0 Å². The Balaban J connectivity index is 2.22. The second-order valence-electron chi connectivity index (χ2n) is 4.29. The predicted molar refractivity (Wildman–Crippen MR) is 77.1 cm³/mol. The summed E-state index contributed by atoms with van der Waals surface area (Å²) >= 11 is 0. The molecule has 96 valence electrons. The van der Waals surface area contributed by atoms with Crippen LogP contribution in [0.5, 0.6) is 0 Å². The van der Waals surface area contributed by atoms with Crippen LogP contribution >= 0.6 is 0 Å². The standard InChI is InChI=1S/C15H15N3O/c1-10-2-4-12(5-3-10)15(19)18-14(17)11-6-8-13(16)9-7-11/h2-9H,16H2,1H3,(H2,17,18,19). The zero-order valence-electron chi connectivity index (χ0n) is 10.6. The third-order valence-electron chi connectivity index (χ3n) is 2.73. The van der Waals surface area contributed by atoms with Crippen molar-refractivity contribution in [3.63, 3.8) is 0 Å². The van der Waals surface area contributed by atoms with Crippen molar-refractivity contribution >= 4 is 17.4 Å². The molecule has 2 aromatic rings. The van der Waals surface area contributed by atoms with Gasteiger partial charge in [-0.3, -0.25) is 4.79 Å². The van der Waals surface area contributed by atoms with Crippen LogP contribution in [-0.2, 0) is 0 Å². The lowest BCUT2D eigenvalue weighted by atomic mass is 10.1. The van der Waals surface area contributed by atoms with Crippen molar-refractivity contribution in [1.29, 1.82) is 0 Å². The fourth-order valence-corrected chi connectivity index (χ4v) is 1.59. The van der Waals surface area contributed by atoms with Gasteiger partial charge in [0.1, 0.15) is 5.84 Å². The van der Waals surface area contributed by atoms with Gasteiger partial charge in [0.15, 0.2) is 0 Å². The highest BCUT2D eigenvalue weighted by Crippen LogP contribution is 2.08. The molecule has 0 aromatic heterocycles. The fourth-order valence-electron chi connectivity index (χ4n) is 1.59. The number of nitrogens with two attached hydrogens (primary N) is 2. The highest BCUT2D eigenvalue weighted by molar-refractivity contribution is 6.08. The Morgan fingerprint density at radius 2 is 1.47 bits per heavy atom. The molecule has 0 bridgehead atoms. The Kier molecular flexibility index (Phi) is 3.61. The molecule has 2 aromatic carbocycles. The fraction of sp³-hybridized carbons (Fsp3) is 0.0667. The van der Waals surface area contributed by atoms with Crippen molar-refractivity contribution in [2.45, 2.75) is 6.92 Å². The van der Waals surface area contributed by atoms with Crippen LogP contribution in [0.4, 0.5) is 5.69 Å². The first-order valence-corrected chi connectivity index (χ1v) is 5.87. The molecule has 0 aliphatic carbocycles. The van der Waals surface area contributed by atoms with Gasteiger partial charge in [-0.1, -0.05) is 17.7 Å². The summed E-state index contributed by atoms with van der Waals surface area (Å²) in [5, 5.41) is 0. The highest BCUT2D eigenvalue weighted by atomic mass is 16.1. The number of hydrogen-bond donors (Lipinski definition) is 2. The normalized spacial score (nSPS) is 11.3. The van der Waals surface area contributed by atoms with Gasteiger partial charge < -0.3 is 11.5 Å². The van der Waals surface area contributed by atoms with Crippen molar-refractivity contribution in [2.75, 3.05) is 5.73 Å². The van der Waals surface area contributed by atoms with Gasteiger partial charge in [-0.15, -0.1) is 0 Å². The topological polar surface area (TPSA) is 81.5 Å². The minimum atomic E-state index is -0.352. The number of hydrogen-bond acceptors (Lipinski definition) is 2. The van der Waals surface area contributed by atoms with Crippen molar-refractivity contribution in [2.24, 2.45) is 10.7 Å². The number of aryl methyl sites for hydroxylation is 1. The minimum Gasteiger partial charge on any atom is -0.399 e. The van der Waals surface area contributed by atoms with E-state index in [0.29, 0.717) is 16.8 Å². The number of amides is 1. The first kappa shape index (κ1) is 12.8. The van der Waals surface area contributed by atoms with E-state index in [4.69, 9.17) is 11.5 Å². The maximum Gasteiger partial charge on any atom is 0.278 e. The highest BCUT2D eigenvalue weighted by Gasteiger charge is 2.06. The number of rotatable bonds is 2. The summed E-state index contributed by atoms with van der Waals surface area (Å²) in [6.45, 7) is 1.96. The van der Waals surface area contributed by atoms with Crippen LogP contribution in [0.3, 0.4) is 0 Å². The number of carbonyl (C=O) groups is 1. The van der Waals surface area contributed by atoms with Crippen molar-refractivity contribution < 1.29 is 4.79 Å². The van der Waals surface area contributed by atoms with E-state index in [1.807, 2.05) is 19.1 Å². The van der Waals surface area contributed by atoms with Gasteiger partial charge in [-0.2, -0.15) is 4.99 Å². The Hall–Kier alpha value is -2.62. The van der Waals surface area contributed by atoms with E-state index in [9.17, 15) is 4.79 Å². The molecule has 1 amide bonds. The molecule has 2 rings (SSSR count). The van der Waals surface area contributed by atoms with E-state index < -0.39 is 0 Å². The van der Waals surface area contributed by atoms with Crippen LogP contribution in [0, 0.1) is 6.92 Å². The minimum absolute atomic E-state index is 0.186. The summed E-state index contributed by atoms with van der Waals surface area (Å²) in [5.74, 6) is -0.167. The lowest BCUT2D eigenvalue weighted by molar-refractivity contribution is 0.100. The average molecular weight is 253 g/mol. The summed E-state index contributed by atoms with van der Waals surface area (Å²) in [6.07, 6.45) is 0. The van der Waals surface area contributed by atoms with Crippen molar-refractivity contribution in [3.8, 4) is 0 Å². The molecule has 0 heterocycles. The Morgan fingerprint density at radius 3 is 2.05 bits per heavy atom. The summed E-state index contributed by atoms with van der Waals surface area (Å²) in [6, 6.07) is 14.1. The maximum absolute atomic E-state index is 11.9. The molecule has 0 saturated carbocycles. The molecule has 4 N–H and O–H groups in total. The molecular weight excluding hydrogens is 238 g/mol. The number of nitrogens with zero attached hydrogens (tertiary/aromatic N) is 1. The summed E-state index contributed by atoms with van der Waals surface area (Å²) in [5.41, 5.74) is 14.3. The Labute approximate surface area is 111 Å². The van der Waals surface area contributed by atoms with E-state index in [-0.39, 0.29) is 11.7 Å². The molecule has 0 spiro atoms. The maximum atomic E-state index is 11.9. The zero-order valence-corrected chi connectivity index (χ0v) is 10.6. The summed E-state index contributed by atoms with van der Waals surface area (Å²) < 4.78 is 0. The molecule has 0 aliphatic rings. The second-order valence-corrected chi connectivity index (χ2v) is 4.29. The molecule has 4 nitrogen and oxygen atoms in total. The first-order chi connectivity index (χ1) is 9.06. The molecule has 0 radical (unpaired) electrons. The van der Waals surface area contributed by atoms with Gasteiger partial charge in [0.2, 0.25) is 0 Å². The number of benzene rings is 2. The molecule has 0 fully saturated rings. The average Bonchev–Trinajstić information content (AvgIpc) is 2.40. The zero-order chi connectivity index (χ0) is 13.8. The first-order valence-electron chi connectivity index (χ1n) is 5.87. The van der Waals surface area contributed by atoms with Crippen LogP contribution < -0.4 is 11.5 Å². The molecular formula is C15H15N3O. The number of aliphatic imine (C=N–C) groups is 1. The van der Waals surface area contributed by atoms with Gasteiger partial charge in [0.05, 0.1) is 0 Å². The van der Waals surface area contributed by atoms with Gasteiger partial charge in [-0.25, -0.2) is 0 Å². The summed E-state index contributed by atoms with van der Waals surface area (Å²) in [4.78, 5) is 15.8. The van der Waals surface area contributed by atoms with Crippen LogP contribution in [0.1, 0.15) is 21.5 Å². The van der Waals surface area contributed by atoms with Crippen molar-refractivity contribution in [3.05, 3.63) is 65.2 Å². The Morgan fingerprint density at radius 1 is 0.947 bits per heavy atom. The summed E-state index contributed by atoms with van der Waals surface area (Å²) in [7, 11) is 0. The number of anilines is 1. The molecule has 0 unspecified atom stereocenters. The lowest BCUT2D eigenvalue weighted by Crippen LogP contribution is -2.15. The van der Waals surface area contributed by atoms with E-state index in [0.717, 1.165) is 5.56 Å². The van der Waals surface area contributed by atoms with Crippen molar-refractivity contribution in [1.82, 2.24) is 0 Å². The van der Waals surface area contributed by atoms with Crippen LogP contribution in [0.2, 0.25) is 0 Å². The SMILES string of the molecule is Cc1ccc(C(=O)N=C(N)c2ccc(N)cc2)cc1. The molecule has 0 atom stereocenters. The van der Waals surface area contributed by atoms with Gasteiger partial charge in [-0.05, 0) is 43.3 Å². The van der Waals surface area contributed by atoms with Crippen LogP contribution in [0.15, 0.2) is 53.5 Å². The quantitative estimate of drug-likeness (QED) is 0.488. The Bertz CT molecular complexity index is 613. The third-order valence-corrected chi connectivity index (χ3v) is 2.73. The van der Waals surface area contributed by atoms with Gasteiger partial charge in [0.25, 0.3) is 5.91 Å². The predicted octanol–water partition coefficient (Wildman–Crippen LogP) is 2.12. The molecule has 4 heteroatoms. The van der Waals surface area contributed by atoms with E-state index in [1.54, 1.807) is 36.4 Å². The molecule has 0 saturated heterocycles. The van der Waals surface area contributed by atoms with E-state index >= 15 is 0 Å². The van der Waals surface area contributed by atoms with E-state index in [1.165, 1.54) is 0 Å². The lowest BCUT2D eigenvalue weighted by Gasteiger charge is -2.01. The third kappa shape index (κ3) is 3.19. The van der Waals surface area contributed by atoms with Gasteiger partial charge >= 0.3 is 0 Å². The smallest absolute Gasteiger partial charge is 0.278 e.